The minimum Gasteiger partial charge on any atom is -0.478 e. The zero-order valence-electron chi connectivity index (χ0n) is 13.3. The molecule has 10 heteroatoms. The molecule has 0 spiro atoms. The van der Waals surface area contributed by atoms with Crippen LogP contribution in [0.2, 0.25) is 0 Å². The number of rotatable bonds is 5. The summed E-state index contributed by atoms with van der Waals surface area (Å²) in [6, 6.07) is 2.64. The number of sulfonamides is 1. The summed E-state index contributed by atoms with van der Waals surface area (Å²) in [5, 5.41) is 17.0. The smallest absolute Gasteiger partial charge is 0.338 e. The third-order valence-corrected chi connectivity index (χ3v) is 5.48. The molecule has 0 atom stereocenters. The van der Waals surface area contributed by atoms with Gasteiger partial charge in [-0.15, -0.1) is 10.2 Å². The summed E-state index contributed by atoms with van der Waals surface area (Å²) < 4.78 is 42.4. The number of hydrogen-bond donors (Lipinski definition) is 2. The van der Waals surface area contributed by atoms with Gasteiger partial charge in [0.2, 0.25) is 10.0 Å². The summed E-state index contributed by atoms with van der Waals surface area (Å²) in [6.45, 7) is 0.661. The standard InChI is InChI=1S/C15H17FN4O4S/c16-12-6-5-10(8-11(12)15(21)22)25(23,24)17-9-14-19-18-13-4-2-1-3-7-20(13)14/h5-6,8,17H,1-4,7,9H2,(H,21,22). The van der Waals surface area contributed by atoms with Gasteiger partial charge in [-0.05, 0) is 31.0 Å². The molecule has 0 radical (unpaired) electrons. The first-order valence-corrected chi connectivity index (χ1v) is 9.30. The van der Waals surface area contributed by atoms with Gasteiger partial charge in [0.25, 0.3) is 0 Å². The van der Waals surface area contributed by atoms with E-state index < -0.39 is 27.4 Å². The van der Waals surface area contributed by atoms with Crippen molar-refractivity contribution in [3.8, 4) is 0 Å². The van der Waals surface area contributed by atoms with Crippen LogP contribution >= 0.6 is 0 Å². The maximum absolute atomic E-state index is 13.4. The highest BCUT2D eigenvalue weighted by molar-refractivity contribution is 7.89. The maximum Gasteiger partial charge on any atom is 0.338 e. The molecular formula is C15H17FN4O4S. The zero-order chi connectivity index (χ0) is 18.0. The Morgan fingerprint density at radius 3 is 2.84 bits per heavy atom. The van der Waals surface area contributed by atoms with E-state index in [1.165, 1.54) is 0 Å². The molecule has 134 valence electrons. The Balaban J connectivity index is 1.80. The van der Waals surface area contributed by atoms with Crippen molar-refractivity contribution >= 4 is 16.0 Å². The number of aromatic nitrogens is 3. The molecule has 2 heterocycles. The van der Waals surface area contributed by atoms with Gasteiger partial charge in [0, 0.05) is 13.0 Å². The molecule has 0 saturated carbocycles. The van der Waals surface area contributed by atoms with E-state index in [9.17, 15) is 17.6 Å². The Labute approximate surface area is 143 Å². The molecule has 25 heavy (non-hydrogen) atoms. The molecular weight excluding hydrogens is 351 g/mol. The number of hydrogen-bond acceptors (Lipinski definition) is 5. The first-order valence-electron chi connectivity index (χ1n) is 7.82. The predicted molar refractivity (Wildman–Crippen MR) is 85.0 cm³/mol. The Morgan fingerprint density at radius 1 is 1.28 bits per heavy atom. The van der Waals surface area contributed by atoms with Gasteiger partial charge in [0.1, 0.15) is 17.5 Å². The number of fused-ring (bicyclic) bond motifs is 1. The fraction of sp³-hybridized carbons (Fsp3) is 0.400. The van der Waals surface area contributed by atoms with E-state index in [0.29, 0.717) is 5.82 Å². The highest BCUT2D eigenvalue weighted by atomic mass is 32.2. The lowest BCUT2D eigenvalue weighted by atomic mass is 10.2. The molecule has 2 aromatic rings. The van der Waals surface area contributed by atoms with Crippen molar-refractivity contribution in [3.05, 3.63) is 41.2 Å². The normalized spacial score (nSPS) is 14.8. The lowest BCUT2D eigenvalue weighted by molar-refractivity contribution is 0.0691. The molecule has 2 N–H and O–H groups in total. The Morgan fingerprint density at radius 2 is 2.08 bits per heavy atom. The molecule has 0 fully saturated rings. The number of aryl methyl sites for hydroxylation is 1. The Kier molecular flexibility index (Phi) is 4.82. The minimum atomic E-state index is -4.01. The third-order valence-electron chi connectivity index (χ3n) is 4.08. The molecule has 0 amide bonds. The first-order chi connectivity index (χ1) is 11.9. The highest BCUT2D eigenvalue weighted by Crippen LogP contribution is 2.17. The summed E-state index contributed by atoms with van der Waals surface area (Å²) in [5.74, 6) is -1.19. The van der Waals surface area contributed by atoms with E-state index >= 15 is 0 Å². The third kappa shape index (κ3) is 3.69. The largest absolute Gasteiger partial charge is 0.478 e. The van der Waals surface area contributed by atoms with Gasteiger partial charge >= 0.3 is 5.97 Å². The van der Waals surface area contributed by atoms with Gasteiger partial charge in [-0.1, -0.05) is 6.42 Å². The number of nitrogens with one attached hydrogen (secondary N) is 1. The summed E-state index contributed by atoms with van der Waals surface area (Å²) in [4.78, 5) is 10.6. The van der Waals surface area contributed by atoms with E-state index in [0.717, 1.165) is 56.3 Å². The topological polar surface area (TPSA) is 114 Å². The van der Waals surface area contributed by atoms with Crippen molar-refractivity contribution < 1.29 is 22.7 Å². The average Bonchev–Trinajstić information content (AvgIpc) is 2.79. The van der Waals surface area contributed by atoms with Crippen molar-refractivity contribution in [2.75, 3.05) is 0 Å². The molecule has 0 aliphatic carbocycles. The van der Waals surface area contributed by atoms with Crippen LogP contribution in [-0.4, -0.2) is 34.3 Å². The summed E-state index contributed by atoms with van der Waals surface area (Å²) in [5.41, 5.74) is -0.695. The van der Waals surface area contributed by atoms with E-state index in [-0.39, 0.29) is 11.4 Å². The van der Waals surface area contributed by atoms with E-state index in [1.54, 1.807) is 0 Å². The Hall–Kier alpha value is -2.33. The van der Waals surface area contributed by atoms with E-state index in [4.69, 9.17) is 5.11 Å². The summed E-state index contributed by atoms with van der Waals surface area (Å²) in [6.07, 6.45) is 3.89. The fourth-order valence-corrected chi connectivity index (χ4v) is 3.76. The van der Waals surface area contributed by atoms with Gasteiger partial charge in [-0.2, -0.15) is 0 Å². The number of carboxylic acids is 1. The number of halogens is 1. The minimum absolute atomic E-state index is 0.0743. The maximum atomic E-state index is 13.4. The van der Waals surface area contributed by atoms with Crippen molar-refractivity contribution in [1.29, 1.82) is 0 Å². The number of carbonyl (C=O) groups is 1. The number of benzene rings is 1. The molecule has 0 bridgehead atoms. The van der Waals surface area contributed by atoms with Crippen LogP contribution in [0.4, 0.5) is 4.39 Å². The van der Waals surface area contributed by atoms with Crippen molar-refractivity contribution in [2.24, 2.45) is 0 Å². The van der Waals surface area contributed by atoms with Gasteiger partial charge in [0.15, 0.2) is 0 Å². The van der Waals surface area contributed by atoms with Crippen molar-refractivity contribution in [2.45, 2.75) is 43.7 Å². The SMILES string of the molecule is O=C(O)c1cc(S(=O)(=O)NCc2nnc3n2CCCCC3)ccc1F. The van der Waals surface area contributed by atoms with E-state index in [1.807, 2.05) is 4.57 Å². The second kappa shape index (κ2) is 6.89. The molecule has 1 aromatic heterocycles. The van der Waals surface area contributed by atoms with Crippen LogP contribution in [0.3, 0.4) is 0 Å². The molecule has 8 nitrogen and oxygen atoms in total. The van der Waals surface area contributed by atoms with Crippen LogP contribution < -0.4 is 4.72 Å². The van der Waals surface area contributed by atoms with Crippen LogP contribution in [0.1, 0.15) is 41.3 Å². The summed E-state index contributed by atoms with van der Waals surface area (Å²) in [7, 11) is -4.01. The molecule has 0 saturated heterocycles. The van der Waals surface area contributed by atoms with Crippen LogP contribution in [0.25, 0.3) is 0 Å². The van der Waals surface area contributed by atoms with Crippen molar-refractivity contribution in [1.82, 2.24) is 19.5 Å². The quantitative estimate of drug-likeness (QED) is 0.823. The second-order valence-corrected chi connectivity index (χ2v) is 7.53. The van der Waals surface area contributed by atoms with E-state index in [2.05, 4.69) is 14.9 Å². The number of nitrogens with zero attached hydrogens (tertiary/aromatic N) is 3. The van der Waals surface area contributed by atoms with Gasteiger partial charge in [-0.3, -0.25) is 0 Å². The summed E-state index contributed by atoms with van der Waals surface area (Å²) >= 11 is 0. The Bertz CT molecular complexity index is 910. The molecule has 1 aliphatic rings. The van der Waals surface area contributed by atoms with Crippen LogP contribution in [0.5, 0.6) is 0 Å². The predicted octanol–water partition coefficient (Wildman–Crippen LogP) is 1.32. The van der Waals surface area contributed by atoms with Crippen molar-refractivity contribution in [3.63, 3.8) is 0 Å². The lowest BCUT2D eigenvalue weighted by Crippen LogP contribution is -2.25. The highest BCUT2D eigenvalue weighted by Gasteiger charge is 2.21. The van der Waals surface area contributed by atoms with Crippen LogP contribution in [-0.2, 0) is 29.5 Å². The van der Waals surface area contributed by atoms with Gasteiger partial charge < -0.3 is 9.67 Å². The van der Waals surface area contributed by atoms with Crippen LogP contribution in [0.15, 0.2) is 23.1 Å². The average molecular weight is 368 g/mol. The zero-order valence-corrected chi connectivity index (χ0v) is 14.1. The molecule has 1 aliphatic heterocycles. The van der Waals surface area contributed by atoms with Gasteiger partial charge in [-0.25, -0.2) is 22.3 Å². The number of aromatic carboxylic acids is 1. The monoisotopic (exact) mass is 368 g/mol. The number of carboxylic acid groups (broad SMARTS) is 1. The lowest BCUT2D eigenvalue weighted by Gasteiger charge is -2.09. The first kappa shape index (κ1) is 17.5. The fourth-order valence-electron chi connectivity index (χ4n) is 2.75. The van der Waals surface area contributed by atoms with Crippen LogP contribution in [0, 0.1) is 5.82 Å². The molecule has 1 aromatic carbocycles. The van der Waals surface area contributed by atoms with Gasteiger partial charge in [0.05, 0.1) is 17.0 Å². The molecule has 3 rings (SSSR count). The molecule has 0 unspecified atom stereocenters. The second-order valence-electron chi connectivity index (χ2n) is 5.77.